The number of aliphatic hydroxyl groups excluding tert-OH is 1. The molecule has 0 unspecified atom stereocenters. The number of aromatic hydroxyl groups is 1. The van der Waals surface area contributed by atoms with E-state index in [1.807, 2.05) is 26.0 Å². The molecule has 76 valence electrons. The van der Waals surface area contributed by atoms with Crippen molar-refractivity contribution < 1.29 is 10.2 Å². The zero-order valence-corrected chi connectivity index (χ0v) is 8.57. The molecule has 0 aliphatic heterocycles. The quantitative estimate of drug-likeness (QED) is 0.772. The summed E-state index contributed by atoms with van der Waals surface area (Å²) in [4.78, 5) is 0. The average Bonchev–Trinajstić information content (AvgIpc) is 2.15. The van der Waals surface area contributed by atoms with E-state index in [1.54, 1.807) is 18.2 Å². The van der Waals surface area contributed by atoms with Gasteiger partial charge in [0.25, 0.3) is 0 Å². The minimum atomic E-state index is 0.00183. The van der Waals surface area contributed by atoms with Gasteiger partial charge in [-0.3, -0.25) is 0 Å². The molecule has 0 fully saturated rings. The van der Waals surface area contributed by atoms with E-state index >= 15 is 0 Å². The average molecular weight is 192 g/mol. The van der Waals surface area contributed by atoms with Gasteiger partial charge >= 0.3 is 0 Å². The van der Waals surface area contributed by atoms with E-state index in [2.05, 4.69) is 0 Å². The highest BCUT2D eigenvalue weighted by molar-refractivity contribution is 5.71. The number of benzene rings is 1. The van der Waals surface area contributed by atoms with Crippen molar-refractivity contribution in [2.75, 3.05) is 6.61 Å². The number of phenolic OH excluding ortho intramolecular Hbond substituents is 1. The van der Waals surface area contributed by atoms with Crippen LogP contribution < -0.4 is 0 Å². The van der Waals surface area contributed by atoms with Crippen LogP contribution in [-0.2, 0) is 0 Å². The molecule has 0 aliphatic rings. The molecule has 0 aliphatic carbocycles. The number of hydrogen-bond donors (Lipinski definition) is 2. The van der Waals surface area contributed by atoms with Crippen molar-refractivity contribution in [3.63, 3.8) is 0 Å². The summed E-state index contributed by atoms with van der Waals surface area (Å²) in [6, 6.07) is 7.18. The van der Waals surface area contributed by atoms with Gasteiger partial charge in [-0.1, -0.05) is 38.1 Å². The van der Waals surface area contributed by atoms with E-state index in [0.29, 0.717) is 0 Å². The van der Waals surface area contributed by atoms with E-state index in [4.69, 9.17) is 5.11 Å². The van der Waals surface area contributed by atoms with E-state index < -0.39 is 0 Å². The summed E-state index contributed by atoms with van der Waals surface area (Å²) in [5.41, 5.74) is 1.78. The van der Waals surface area contributed by atoms with Crippen molar-refractivity contribution in [2.24, 2.45) is 5.92 Å². The lowest BCUT2D eigenvalue weighted by Crippen LogP contribution is -1.95. The maximum absolute atomic E-state index is 9.63. The molecule has 2 N–H and O–H groups in total. The molecule has 1 rings (SSSR count). The molecule has 1 aromatic rings. The summed E-state index contributed by atoms with van der Waals surface area (Å²) >= 11 is 0. The largest absolute Gasteiger partial charge is 0.507 e. The predicted octanol–water partition coefficient (Wildman–Crippen LogP) is 2.42. The normalized spacial score (nSPS) is 12.1. The number of rotatable bonds is 3. The van der Waals surface area contributed by atoms with E-state index in [9.17, 15) is 5.11 Å². The van der Waals surface area contributed by atoms with Crippen molar-refractivity contribution in [1.82, 2.24) is 0 Å². The third kappa shape index (κ3) is 2.36. The lowest BCUT2D eigenvalue weighted by Gasteiger charge is -2.12. The van der Waals surface area contributed by atoms with Crippen LogP contribution in [0.1, 0.15) is 19.4 Å². The van der Waals surface area contributed by atoms with Crippen molar-refractivity contribution in [1.29, 1.82) is 0 Å². The van der Waals surface area contributed by atoms with Crippen molar-refractivity contribution >= 4 is 5.57 Å². The van der Waals surface area contributed by atoms with Gasteiger partial charge in [-0.15, -0.1) is 0 Å². The minimum absolute atomic E-state index is 0.00183. The van der Waals surface area contributed by atoms with E-state index in [-0.39, 0.29) is 18.3 Å². The Morgan fingerprint density at radius 3 is 2.50 bits per heavy atom. The molecule has 0 radical (unpaired) electrons. The number of para-hydroxylation sites is 1. The highest BCUT2D eigenvalue weighted by Crippen LogP contribution is 2.29. The van der Waals surface area contributed by atoms with Gasteiger partial charge in [0.05, 0.1) is 6.61 Å². The Morgan fingerprint density at radius 2 is 2.00 bits per heavy atom. The molecule has 0 bridgehead atoms. The Bertz CT molecular complexity index is 327. The van der Waals surface area contributed by atoms with Gasteiger partial charge < -0.3 is 10.2 Å². The number of hydrogen-bond acceptors (Lipinski definition) is 2. The number of phenols is 1. The van der Waals surface area contributed by atoms with Crippen LogP contribution in [-0.4, -0.2) is 16.8 Å². The molecule has 2 nitrogen and oxygen atoms in total. The highest BCUT2D eigenvalue weighted by atomic mass is 16.3. The third-order valence-electron chi connectivity index (χ3n) is 2.15. The minimum Gasteiger partial charge on any atom is -0.507 e. The first-order valence-corrected chi connectivity index (χ1v) is 4.76. The van der Waals surface area contributed by atoms with Crippen LogP contribution in [0.3, 0.4) is 0 Å². The molecular formula is C12H16O2. The second-order valence-electron chi connectivity index (χ2n) is 3.51. The summed E-state index contributed by atoms with van der Waals surface area (Å²) in [5.74, 6) is 0.552. The summed E-state index contributed by atoms with van der Waals surface area (Å²) in [6.07, 6.45) is 1.74. The molecule has 0 heterocycles. The Labute approximate surface area is 84.5 Å². The Balaban J connectivity index is 3.12. The fraction of sp³-hybridized carbons (Fsp3) is 0.333. The first-order valence-electron chi connectivity index (χ1n) is 4.76. The lowest BCUT2D eigenvalue weighted by atomic mass is 9.94. The molecule has 0 spiro atoms. The Hall–Kier alpha value is -1.28. The fourth-order valence-electron chi connectivity index (χ4n) is 1.47. The topological polar surface area (TPSA) is 40.5 Å². The first kappa shape index (κ1) is 10.8. The highest BCUT2D eigenvalue weighted by Gasteiger charge is 2.09. The van der Waals surface area contributed by atoms with Crippen LogP contribution in [0.4, 0.5) is 0 Å². The molecule has 0 atom stereocenters. The zero-order chi connectivity index (χ0) is 10.6. The molecule has 1 aromatic carbocycles. The van der Waals surface area contributed by atoms with E-state index in [0.717, 1.165) is 11.1 Å². The van der Waals surface area contributed by atoms with Crippen LogP contribution in [0, 0.1) is 5.92 Å². The molecule has 14 heavy (non-hydrogen) atoms. The summed E-state index contributed by atoms with van der Waals surface area (Å²) in [5, 5.41) is 18.5. The smallest absolute Gasteiger partial charge is 0.123 e. The number of allylic oxidation sites excluding steroid dienone is 1. The van der Waals surface area contributed by atoms with Gasteiger partial charge in [0, 0.05) is 5.56 Å². The molecular weight excluding hydrogens is 176 g/mol. The van der Waals surface area contributed by atoms with Gasteiger partial charge in [0.2, 0.25) is 0 Å². The third-order valence-corrected chi connectivity index (χ3v) is 2.15. The van der Waals surface area contributed by atoms with Gasteiger partial charge in [-0.05, 0) is 17.6 Å². The Kier molecular flexibility index (Phi) is 3.72. The first-order chi connectivity index (χ1) is 6.66. The summed E-state index contributed by atoms with van der Waals surface area (Å²) < 4.78 is 0. The van der Waals surface area contributed by atoms with Crippen molar-refractivity contribution in [3.8, 4) is 5.75 Å². The lowest BCUT2D eigenvalue weighted by molar-refractivity contribution is 0.342. The van der Waals surface area contributed by atoms with Crippen LogP contribution in [0.5, 0.6) is 5.75 Å². The van der Waals surface area contributed by atoms with E-state index in [1.165, 1.54) is 0 Å². The summed E-state index contributed by atoms with van der Waals surface area (Å²) in [6.45, 7) is 4.07. The molecule has 2 heteroatoms. The van der Waals surface area contributed by atoms with Crippen LogP contribution in [0.15, 0.2) is 30.3 Å². The van der Waals surface area contributed by atoms with Gasteiger partial charge in [0.1, 0.15) is 5.75 Å². The fourth-order valence-corrected chi connectivity index (χ4v) is 1.47. The van der Waals surface area contributed by atoms with Crippen molar-refractivity contribution in [2.45, 2.75) is 13.8 Å². The van der Waals surface area contributed by atoms with Crippen LogP contribution >= 0.6 is 0 Å². The molecule has 0 aromatic heterocycles. The standard InChI is InChI=1S/C12H16O2/c1-9(2)10(7-8-13)11-5-3-4-6-12(11)14/h3-7,9,13-14H,8H2,1-2H3/b10-7-. The molecule has 0 saturated carbocycles. The van der Waals surface area contributed by atoms with Gasteiger partial charge in [-0.2, -0.15) is 0 Å². The Morgan fingerprint density at radius 1 is 1.36 bits per heavy atom. The monoisotopic (exact) mass is 192 g/mol. The summed E-state index contributed by atoms with van der Waals surface area (Å²) in [7, 11) is 0. The molecule has 0 saturated heterocycles. The molecule has 0 amide bonds. The van der Waals surface area contributed by atoms with Crippen molar-refractivity contribution in [3.05, 3.63) is 35.9 Å². The second-order valence-corrected chi connectivity index (χ2v) is 3.51. The zero-order valence-electron chi connectivity index (χ0n) is 8.57. The number of aliphatic hydroxyl groups is 1. The predicted molar refractivity (Wildman–Crippen MR) is 58.0 cm³/mol. The second kappa shape index (κ2) is 4.82. The van der Waals surface area contributed by atoms with Crippen LogP contribution in [0.2, 0.25) is 0 Å². The van der Waals surface area contributed by atoms with Gasteiger partial charge in [-0.25, -0.2) is 0 Å². The maximum Gasteiger partial charge on any atom is 0.123 e. The maximum atomic E-state index is 9.63. The SMILES string of the molecule is CC(C)/C(=C/CO)c1ccccc1O. The van der Waals surface area contributed by atoms with Gasteiger partial charge in [0.15, 0.2) is 0 Å². The van der Waals surface area contributed by atoms with Crippen LogP contribution in [0.25, 0.3) is 5.57 Å².